The van der Waals surface area contributed by atoms with Crippen molar-refractivity contribution in [1.29, 1.82) is 0 Å². The smallest absolute Gasteiger partial charge is 0.248 e. The lowest BCUT2D eigenvalue weighted by molar-refractivity contribution is -0.111. The highest BCUT2D eigenvalue weighted by molar-refractivity contribution is 6.02. The fourth-order valence-corrected chi connectivity index (χ4v) is 3.27. The Balaban J connectivity index is 1.49. The number of anilines is 1. The maximum absolute atomic E-state index is 12.4. The summed E-state index contributed by atoms with van der Waals surface area (Å²) in [6.07, 6.45) is 11.6. The van der Waals surface area contributed by atoms with Crippen LogP contribution < -0.4 is 10.6 Å². The van der Waals surface area contributed by atoms with E-state index in [4.69, 9.17) is 0 Å². The lowest BCUT2D eigenvalue weighted by Gasteiger charge is -2.17. The second-order valence-corrected chi connectivity index (χ2v) is 6.60. The maximum Gasteiger partial charge on any atom is 0.248 e. The van der Waals surface area contributed by atoms with Crippen LogP contribution in [0.25, 0.3) is 17.2 Å². The van der Waals surface area contributed by atoms with Gasteiger partial charge in [-0.15, -0.1) is 0 Å². The van der Waals surface area contributed by atoms with Crippen molar-refractivity contribution in [2.24, 2.45) is 7.05 Å². The highest BCUT2D eigenvalue weighted by Gasteiger charge is 2.10. The second kappa shape index (κ2) is 7.55. The van der Waals surface area contributed by atoms with E-state index >= 15 is 0 Å². The number of hydrogen-bond donors (Lipinski definition) is 2. The average Bonchev–Trinajstić information content (AvgIpc) is 3.13. The van der Waals surface area contributed by atoms with Crippen LogP contribution in [0.3, 0.4) is 0 Å². The summed E-state index contributed by atoms with van der Waals surface area (Å²) in [5.74, 6) is -0.167. The molecule has 0 spiro atoms. The molecule has 6 heteroatoms. The number of fused-ring (bicyclic) bond motifs is 1. The molecule has 0 aliphatic carbocycles. The highest BCUT2D eigenvalue weighted by Crippen LogP contribution is 2.23. The van der Waals surface area contributed by atoms with Crippen molar-refractivity contribution in [1.82, 2.24) is 20.1 Å². The van der Waals surface area contributed by atoms with Gasteiger partial charge in [-0.3, -0.25) is 14.5 Å². The fourth-order valence-electron chi connectivity index (χ4n) is 3.27. The van der Waals surface area contributed by atoms with Gasteiger partial charge in [-0.1, -0.05) is 6.07 Å². The van der Waals surface area contributed by atoms with E-state index in [1.54, 1.807) is 29.3 Å². The zero-order chi connectivity index (χ0) is 18.6. The maximum atomic E-state index is 12.4. The third-order valence-electron chi connectivity index (χ3n) is 4.64. The molecule has 0 unspecified atom stereocenters. The third kappa shape index (κ3) is 3.96. The number of pyridine rings is 1. The van der Waals surface area contributed by atoms with Gasteiger partial charge in [0.25, 0.3) is 0 Å². The molecule has 6 nitrogen and oxygen atoms in total. The molecular formula is C21H21N5O. The summed E-state index contributed by atoms with van der Waals surface area (Å²) < 4.78 is 1.75. The van der Waals surface area contributed by atoms with E-state index in [-0.39, 0.29) is 5.91 Å². The normalized spacial score (nSPS) is 13.5. The molecule has 0 saturated carbocycles. The first-order valence-corrected chi connectivity index (χ1v) is 8.94. The van der Waals surface area contributed by atoms with Gasteiger partial charge in [0, 0.05) is 55.1 Å². The lowest BCUT2D eigenvalue weighted by Crippen LogP contribution is -2.23. The van der Waals surface area contributed by atoms with Crippen LogP contribution in [-0.4, -0.2) is 27.2 Å². The van der Waals surface area contributed by atoms with Crippen LogP contribution in [0.5, 0.6) is 0 Å². The number of aromatic nitrogens is 3. The number of aryl methyl sites for hydroxylation is 1. The number of hydrogen-bond acceptors (Lipinski definition) is 4. The van der Waals surface area contributed by atoms with Crippen LogP contribution in [0.4, 0.5) is 5.69 Å². The van der Waals surface area contributed by atoms with Crippen LogP contribution in [0.2, 0.25) is 0 Å². The van der Waals surface area contributed by atoms with E-state index in [0.29, 0.717) is 0 Å². The van der Waals surface area contributed by atoms with Gasteiger partial charge in [0.05, 0.1) is 6.20 Å². The van der Waals surface area contributed by atoms with E-state index in [2.05, 4.69) is 26.8 Å². The molecule has 3 aromatic rings. The fraction of sp³-hybridized carbons (Fsp3) is 0.190. The summed E-state index contributed by atoms with van der Waals surface area (Å²) in [6, 6.07) is 8.02. The van der Waals surface area contributed by atoms with Crippen molar-refractivity contribution < 1.29 is 4.79 Å². The van der Waals surface area contributed by atoms with Gasteiger partial charge in [0.1, 0.15) is 0 Å². The van der Waals surface area contributed by atoms with E-state index in [1.165, 1.54) is 17.2 Å². The van der Waals surface area contributed by atoms with Crippen LogP contribution in [0.15, 0.2) is 55.1 Å². The van der Waals surface area contributed by atoms with Crippen molar-refractivity contribution in [3.05, 3.63) is 71.8 Å². The predicted molar refractivity (Wildman–Crippen MR) is 106 cm³/mol. The van der Waals surface area contributed by atoms with Gasteiger partial charge in [-0.2, -0.15) is 5.10 Å². The molecule has 4 rings (SSSR count). The Bertz CT molecular complexity index is 1010. The number of carbonyl (C=O) groups excluding carboxylic acids is 1. The summed E-state index contributed by atoms with van der Waals surface area (Å²) in [5.41, 5.74) is 6.25. The van der Waals surface area contributed by atoms with Crippen molar-refractivity contribution in [3.63, 3.8) is 0 Å². The molecule has 0 atom stereocenters. The summed E-state index contributed by atoms with van der Waals surface area (Å²) in [6.45, 7) is 1.85. The number of rotatable bonds is 4. The summed E-state index contributed by atoms with van der Waals surface area (Å²) >= 11 is 0. The van der Waals surface area contributed by atoms with E-state index in [0.717, 1.165) is 41.9 Å². The average molecular weight is 359 g/mol. The first-order chi connectivity index (χ1) is 13.2. The summed E-state index contributed by atoms with van der Waals surface area (Å²) in [7, 11) is 1.88. The van der Waals surface area contributed by atoms with Gasteiger partial charge >= 0.3 is 0 Å². The van der Waals surface area contributed by atoms with E-state index in [9.17, 15) is 4.79 Å². The first-order valence-electron chi connectivity index (χ1n) is 8.94. The summed E-state index contributed by atoms with van der Waals surface area (Å²) in [4.78, 5) is 16.5. The minimum atomic E-state index is -0.167. The van der Waals surface area contributed by atoms with Crippen molar-refractivity contribution >= 4 is 17.7 Å². The molecule has 1 amide bonds. The van der Waals surface area contributed by atoms with Crippen LogP contribution in [0, 0.1) is 0 Å². The minimum Gasteiger partial charge on any atom is -0.323 e. The molecular weight excluding hydrogens is 338 g/mol. The Morgan fingerprint density at radius 3 is 3.04 bits per heavy atom. The van der Waals surface area contributed by atoms with Gasteiger partial charge < -0.3 is 10.6 Å². The van der Waals surface area contributed by atoms with Crippen LogP contribution in [-0.2, 0) is 24.8 Å². The SMILES string of the molecule is Cn1cc(-c2ccncc2C=CC(=O)Nc2ccc3c(c2)CNCC3)cn1. The largest absolute Gasteiger partial charge is 0.323 e. The van der Waals surface area contributed by atoms with Crippen molar-refractivity contribution in [2.45, 2.75) is 13.0 Å². The molecule has 1 aliphatic heterocycles. The Morgan fingerprint density at radius 1 is 1.26 bits per heavy atom. The Morgan fingerprint density at radius 2 is 2.19 bits per heavy atom. The molecule has 136 valence electrons. The molecule has 0 bridgehead atoms. The Hall–Kier alpha value is -3.25. The van der Waals surface area contributed by atoms with Crippen LogP contribution in [0.1, 0.15) is 16.7 Å². The van der Waals surface area contributed by atoms with Crippen molar-refractivity contribution in [2.75, 3.05) is 11.9 Å². The molecule has 27 heavy (non-hydrogen) atoms. The minimum absolute atomic E-state index is 0.167. The molecule has 3 heterocycles. The van der Waals surface area contributed by atoms with Gasteiger partial charge in [-0.25, -0.2) is 0 Å². The van der Waals surface area contributed by atoms with E-state index < -0.39 is 0 Å². The second-order valence-electron chi connectivity index (χ2n) is 6.60. The van der Waals surface area contributed by atoms with Gasteiger partial charge in [-0.05, 0) is 53.9 Å². The predicted octanol–water partition coefficient (Wildman–Crippen LogP) is 2.78. The lowest BCUT2D eigenvalue weighted by atomic mass is 10.0. The zero-order valence-electron chi connectivity index (χ0n) is 15.1. The Kier molecular flexibility index (Phi) is 4.80. The third-order valence-corrected chi connectivity index (χ3v) is 4.64. The molecule has 1 aromatic carbocycles. The standard InChI is InChI=1S/C21H21N5O/c1-26-14-18(13-24-26)20-7-9-23-11-16(20)3-5-21(27)25-19-4-2-15-6-8-22-12-17(15)10-19/h2-5,7,9-11,13-14,22H,6,8,12H2,1H3,(H,25,27). The van der Waals surface area contributed by atoms with Crippen molar-refractivity contribution in [3.8, 4) is 11.1 Å². The molecule has 2 N–H and O–H groups in total. The number of nitrogens with zero attached hydrogens (tertiary/aromatic N) is 3. The number of amides is 1. The molecule has 0 saturated heterocycles. The summed E-state index contributed by atoms with van der Waals surface area (Å²) in [5, 5.41) is 10.5. The number of carbonyl (C=O) groups is 1. The zero-order valence-corrected chi connectivity index (χ0v) is 15.1. The van der Waals surface area contributed by atoms with Crippen LogP contribution >= 0.6 is 0 Å². The quantitative estimate of drug-likeness (QED) is 0.703. The van der Waals surface area contributed by atoms with Gasteiger partial charge in [0.15, 0.2) is 0 Å². The molecule has 0 fully saturated rings. The molecule has 2 aromatic heterocycles. The van der Waals surface area contributed by atoms with Gasteiger partial charge in [0.2, 0.25) is 5.91 Å². The molecule has 1 aliphatic rings. The monoisotopic (exact) mass is 359 g/mol. The number of nitrogens with one attached hydrogen (secondary N) is 2. The first kappa shape index (κ1) is 17.2. The van der Waals surface area contributed by atoms with E-state index in [1.807, 2.05) is 31.4 Å². The Labute approximate surface area is 157 Å². The molecule has 0 radical (unpaired) electrons. The number of benzene rings is 1. The topological polar surface area (TPSA) is 71.8 Å². The highest BCUT2D eigenvalue weighted by atomic mass is 16.1.